The lowest BCUT2D eigenvalue weighted by Crippen LogP contribution is -2.12. The van der Waals surface area contributed by atoms with Crippen LogP contribution in [0.25, 0.3) is 0 Å². The van der Waals surface area contributed by atoms with Crippen molar-refractivity contribution >= 4 is 23.3 Å². The molecule has 0 amide bonds. The highest BCUT2D eigenvalue weighted by Crippen LogP contribution is 2.29. The van der Waals surface area contributed by atoms with E-state index in [9.17, 15) is 14.9 Å². The number of nitro benzene ring substituents is 1. The van der Waals surface area contributed by atoms with Crippen molar-refractivity contribution in [3.05, 3.63) is 63.7 Å². The molecule has 2 aromatic carbocycles. The zero-order valence-electron chi connectivity index (χ0n) is 11.2. The van der Waals surface area contributed by atoms with E-state index in [0.29, 0.717) is 17.5 Å². The molecule has 0 aliphatic carbocycles. The van der Waals surface area contributed by atoms with E-state index in [0.717, 1.165) is 11.3 Å². The summed E-state index contributed by atoms with van der Waals surface area (Å²) in [6, 6.07) is 12.1. The highest BCUT2D eigenvalue weighted by Gasteiger charge is 2.14. The van der Waals surface area contributed by atoms with Gasteiger partial charge in [-0.3, -0.25) is 14.9 Å². The van der Waals surface area contributed by atoms with Crippen LogP contribution in [0, 0.1) is 17.0 Å². The smallest absolute Gasteiger partial charge is 0.270 e. The van der Waals surface area contributed by atoms with Gasteiger partial charge in [0.1, 0.15) is 0 Å². The van der Waals surface area contributed by atoms with E-state index in [-0.39, 0.29) is 5.69 Å². The van der Waals surface area contributed by atoms with E-state index >= 15 is 0 Å². The molecule has 0 unspecified atom stereocenters. The van der Waals surface area contributed by atoms with Gasteiger partial charge >= 0.3 is 0 Å². The van der Waals surface area contributed by atoms with Gasteiger partial charge < -0.3 is 4.90 Å². The first-order chi connectivity index (χ1) is 9.52. The fourth-order valence-corrected chi connectivity index (χ4v) is 2.03. The Bertz CT molecular complexity index is 668. The van der Waals surface area contributed by atoms with E-state index in [4.69, 9.17) is 0 Å². The number of nitro groups is 1. The van der Waals surface area contributed by atoms with Gasteiger partial charge in [0, 0.05) is 30.4 Å². The lowest BCUT2D eigenvalue weighted by atomic mass is 10.1. The molecule has 102 valence electrons. The van der Waals surface area contributed by atoms with Crippen molar-refractivity contribution in [1.29, 1.82) is 0 Å². The summed E-state index contributed by atoms with van der Waals surface area (Å²) in [5.41, 5.74) is 2.86. The van der Waals surface area contributed by atoms with E-state index in [1.54, 1.807) is 6.07 Å². The van der Waals surface area contributed by atoms with Crippen LogP contribution in [0.2, 0.25) is 0 Å². The van der Waals surface area contributed by atoms with Gasteiger partial charge in [0.25, 0.3) is 5.69 Å². The second-order valence-electron chi connectivity index (χ2n) is 4.52. The number of carbonyl (C=O) groups is 1. The summed E-state index contributed by atoms with van der Waals surface area (Å²) in [7, 11) is 1.82. The lowest BCUT2D eigenvalue weighted by molar-refractivity contribution is -0.384. The van der Waals surface area contributed by atoms with Gasteiger partial charge in [-0.1, -0.05) is 12.1 Å². The van der Waals surface area contributed by atoms with E-state index in [2.05, 4.69) is 0 Å². The van der Waals surface area contributed by atoms with Gasteiger partial charge in [-0.25, -0.2) is 0 Å². The molecule has 0 aromatic heterocycles. The minimum Gasteiger partial charge on any atom is -0.344 e. The first kappa shape index (κ1) is 13.7. The van der Waals surface area contributed by atoms with E-state index in [1.807, 2.05) is 43.1 Å². The molecule has 0 atom stereocenters. The summed E-state index contributed by atoms with van der Waals surface area (Å²) in [6.45, 7) is 1.98. The van der Waals surface area contributed by atoms with Crippen molar-refractivity contribution < 1.29 is 9.72 Å². The Balaban J connectivity index is 2.46. The molecule has 2 rings (SSSR count). The molecule has 20 heavy (non-hydrogen) atoms. The molecule has 5 nitrogen and oxygen atoms in total. The predicted octanol–water partition coefficient (Wildman–Crippen LogP) is 3.48. The molecule has 0 aliphatic rings. The molecule has 0 spiro atoms. The summed E-state index contributed by atoms with van der Waals surface area (Å²) in [6.07, 6.45) is 0.634. The maximum absolute atomic E-state index is 11.2. The number of hydrogen-bond acceptors (Lipinski definition) is 4. The van der Waals surface area contributed by atoms with Crippen LogP contribution in [0.3, 0.4) is 0 Å². The van der Waals surface area contributed by atoms with Crippen molar-refractivity contribution in [1.82, 2.24) is 0 Å². The SMILES string of the molecule is Cc1cccc(N(C)c2ccc([N+](=O)[O-])cc2C=O)c1. The van der Waals surface area contributed by atoms with Crippen molar-refractivity contribution in [2.24, 2.45) is 0 Å². The van der Waals surface area contributed by atoms with E-state index < -0.39 is 4.92 Å². The Morgan fingerprint density at radius 3 is 2.55 bits per heavy atom. The van der Waals surface area contributed by atoms with Crippen molar-refractivity contribution in [3.63, 3.8) is 0 Å². The lowest BCUT2D eigenvalue weighted by Gasteiger charge is -2.21. The second kappa shape index (κ2) is 5.52. The Hall–Kier alpha value is -2.69. The van der Waals surface area contributed by atoms with Crippen LogP contribution in [0.1, 0.15) is 15.9 Å². The van der Waals surface area contributed by atoms with Crippen molar-refractivity contribution in [3.8, 4) is 0 Å². The van der Waals surface area contributed by atoms with Gasteiger partial charge in [0.05, 0.1) is 10.6 Å². The predicted molar refractivity (Wildman–Crippen MR) is 77.7 cm³/mol. The third kappa shape index (κ3) is 2.66. The number of aryl methyl sites for hydroxylation is 1. The number of non-ortho nitro benzene ring substituents is 1. The Labute approximate surface area is 116 Å². The monoisotopic (exact) mass is 270 g/mol. The summed E-state index contributed by atoms with van der Waals surface area (Å²) in [4.78, 5) is 23.2. The summed E-state index contributed by atoms with van der Waals surface area (Å²) in [5, 5.41) is 10.7. The second-order valence-corrected chi connectivity index (χ2v) is 4.52. The van der Waals surface area contributed by atoms with Crippen LogP contribution in [0.5, 0.6) is 0 Å². The normalized spacial score (nSPS) is 10.1. The molecule has 0 N–H and O–H groups in total. The molecular weight excluding hydrogens is 256 g/mol. The van der Waals surface area contributed by atoms with E-state index in [1.165, 1.54) is 12.1 Å². The minimum absolute atomic E-state index is 0.0894. The quantitative estimate of drug-likeness (QED) is 0.484. The van der Waals surface area contributed by atoms with Crippen molar-refractivity contribution in [2.45, 2.75) is 6.92 Å². The Kier molecular flexibility index (Phi) is 3.79. The zero-order chi connectivity index (χ0) is 14.7. The maximum atomic E-state index is 11.2. The molecule has 0 heterocycles. The summed E-state index contributed by atoms with van der Waals surface area (Å²) >= 11 is 0. The largest absolute Gasteiger partial charge is 0.344 e. The van der Waals surface area contributed by atoms with Crippen molar-refractivity contribution in [2.75, 3.05) is 11.9 Å². The fourth-order valence-electron chi connectivity index (χ4n) is 2.03. The highest BCUT2D eigenvalue weighted by molar-refractivity contribution is 5.87. The first-order valence-corrected chi connectivity index (χ1v) is 6.07. The van der Waals surface area contributed by atoms with Gasteiger partial charge in [0.15, 0.2) is 6.29 Å². The van der Waals surface area contributed by atoms with Gasteiger partial charge in [-0.05, 0) is 30.7 Å². The number of anilines is 2. The third-order valence-corrected chi connectivity index (χ3v) is 3.10. The van der Waals surface area contributed by atoms with Gasteiger partial charge in [0.2, 0.25) is 0 Å². The van der Waals surface area contributed by atoms with Crippen LogP contribution in [0.4, 0.5) is 17.1 Å². The summed E-state index contributed by atoms with van der Waals surface area (Å²) in [5.74, 6) is 0. The molecule has 0 radical (unpaired) electrons. The first-order valence-electron chi connectivity index (χ1n) is 6.07. The average Bonchev–Trinajstić information content (AvgIpc) is 2.45. The molecule has 2 aromatic rings. The molecular formula is C15H14N2O3. The number of nitrogens with zero attached hydrogens (tertiary/aromatic N) is 2. The third-order valence-electron chi connectivity index (χ3n) is 3.10. The molecule has 0 aliphatic heterocycles. The van der Waals surface area contributed by atoms with Crippen LogP contribution in [0.15, 0.2) is 42.5 Å². The van der Waals surface area contributed by atoms with Crippen LogP contribution >= 0.6 is 0 Å². The molecule has 0 bridgehead atoms. The number of carbonyl (C=O) groups excluding carboxylic acids is 1. The number of rotatable bonds is 4. The van der Waals surface area contributed by atoms with Crippen LogP contribution in [-0.4, -0.2) is 18.3 Å². The summed E-state index contributed by atoms with van der Waals surface area (Å²) < 4.78 is 0. The molecule has 5 heteroatoms. The fraction of sp³-hybridized carbons (Fsp3) is 0.133. The van der Waals surface area contributed by atoms with Crippen LogP contribution in [-0.2, 0) is 0 Å². The standard InChI is InChI=1S/C15H14N2O3/c1-11-4-3-5-13(8-11)16(2)15-7-6-14(17(19)20)9-12(15)10-18/h3-10H,1-2H3. The number of hydrogen-bond donors (Lipinski definition) is 0. The number of benzene rings is 2. The topological polar surface area (TPSA) is 63.4 Å². The molecule has 0 saturated heterocycles. The van der Waals surface area contributed by atoms with Gasteiger partial charge in [-0.2, -0.15) is 0 Å². The van der Waals surface area contributed by atoms with Gasteiger partial charge in [-0.15, -0.1) is 0 Å². The molecule has 0 saturated carbocycles. The average molecular weight is 270 g/mol. The maximum Gasteiger partial charge on any atom is 0.270 e. The Morgan fingerprint density at radius 2 is 1.95 bits per heavy atom. The van der Waals surface area contributed by atoms with Crippen LogP contribution < -0.4 is 4.90 Å². The number of aldehydes is 1. The zero-order valence-corrected chi connectivity index (χ0v) is 11.2. The Morgan fingerprint density at radius 1 is 1.20 bits per heavy atom. The highest BCUT2D eigenvalue weighted by atomic mass is 16.6. The molecule has 0 fully saturated rings. The minimum atomic E-state index is -0.510.